The van der Waals surface area contributed by atoms with Crippen LogP contribution in [0, 0.1) is 11.2 Å². The molecule has 4 heteroatoms. The molecular formula is C16H26FNO2. The molecule has 1 aromatic carbocycles. The molecule has 0 bridgehead atoms. The van der Waals surface area contributed by atoms with Gasteiger partial charge >= 0.3 is 0 Å². The summed E-state index contributed by atoms with van der Waals surface area (Å²) >= 11 is 0. The monoisotopic (exact) mass is 283 g/mol. The Hall–Kier alpha value is -1.13. The van der Waals surface area contributed by atoms with Crippen LogP contribution in [-0.4, -0.2) is 25.4 Å². The summed E-state index contributed by atoms with van der Waals surface area (Å²) in [5.74, 6) is -0.0918. The largest absolute Gasteiger partial charge is 0.494 e. The average Bonchev–Trinajstić information content (AvgIpc) is 2.49. The van der Waals surface area contributed by atoms with E-state index in [9.17, 15) is 9.50 Å². The first kappa shape index (κ1) is 16.9. The van der Waals surface area contributed by atoms with Crippen molar-refractivity contribution in [2.24, 2.45) is 5.41 Å². The lowest BCUT2D eigenvalue weighted by molar-refractivity contribution is 0.110. The maximum Gasteiger partial charge on any atom is 0.165 e. The number of aliphatic hydroxyl groups is 1. The van der Waals surface area contributed by atoms with Crippen molar-refractivity contribution in [1.29, 1.82) is 0 Å². The predicted molar refractivity (Wildman–Crippen MR) is 79.5 cm³/mol. The number of ether oxygens (including phenoxy) is 1. The molecular weight excluding hydrogens is 257 g/mol. The minimum Gasteiger partial charge on any atom is -0.494 e. The second kappa shape index (κ2) is 7.60. The van der Waals surface area contributed by atoms with Gasteiger partial charge in [-0.1, -0.05) is 19.9 Å². The summed E-state index contributed by atoms with van der Waals surface area (Å²) in [5, 5.41) is 12.9. The van der Waals surface area contributed by atoms with Crippen molar-refractivity contribution in [3.05, 3.63) is 29.6 Å². The van der Waals surface area contributed by atoms with Crippen LogP contribution in [0.2, 0.25) is 0 Å². The Kier molecular flexibility index (Phi) is 6.43. The third kappa shape index (κ3) is 3.93. The van der Waals surface area contributed by atoms with E-state index in [1.54, 1.807) is 6.07 Å². The predicted octanol–water partition coefficient (Wildman–Crippen LogP) is 3.28. The van der Waals surface area contributed by atoms with Gasteiger partial charge in [-0.2, -0.15) is 0 Å². The topological polar surface area (TPSA) is 41.5 Å². The molecule has 0 aromatic heterocycles. The standard InChI is InChI=1S/C16H26FNO2/c1-5-16(6-2,11-19)10-18-12(3)13-7-8-15(20-4)14(17)9-13/h7-9,12,18-19H,5-6,10-11H2,1-4H3. The molecule has 0 saturated heterocycles. The fourth-order valence-electron chi connectivity index (χ4n) is 2.22. The van der Waals surface area contributed by atoms with E-state index in [0.29, 0.717) is 6.54 Å². The molecule has 2 N–H and O–H groups in total. The number of rotatable bonds is 8. The van der Waals surface area contributed by atoms with E-state index in [1.165, 1.54) is 13.2 Å². The summed E-state index contributed by atoms with van der Waals surface area (Å²) in [7, 11) is 1.46. The van der Waals surface area contributed by atoms with Gasteiger partial charge < -0.3 is 15.2 Å². The van der Waals surface area contributed by atoms with Crippen molar-refractivity contribution in [3.8, 4) is 5.75 Å². The van der Waals surface area contributed by atoms with Crippen LogP contribution in [0.25, 0.3) is 0 Å². The van der Waals surface area contributed by atoms with Crippen LogP contribution < -0.4 is 10.1 Å². The third-order valence-electron chi connectivity index (χ3n) is 4.29. The molecule has 20 heavy (non-hydrogen) atoms. The fraction of sp³-hybridized carbons (Fsp3) is 0.625. The summed E-state index contributed by atoms with van der Waals surface area (Å²) in [6.45, 7) is 7.04. The van der Waals surface area contributed by atoms with Gasteiger partial charge in [0, 0.05) is 24.6 Å². The summed E-state index contributed by atoms with van der Waals surface area (Å²) in [6.07, 6.45) is 1.83. The summed E-state index contributed by atoms with van der Waals surface area (Å²) in [4.78, 5) is 0. The van der Waals surface area contributed by atoms with E-state index in [-0.39, 0.29) is 29.6 Å². The lowest BCUT2D eigenvalue weighted by Crippen LogP contribution is -2.37. The number of aliphatic hydroxyl groups excluding tert-OH is 1. The highest BCUT2D eigenvalue weighted by Crippen LogP contribution is 2.27. The minimum absolute atomic E-state index is 0.0273. The van der Waals surface area contributed by atoms with E-state index in [0.717, 1.165) is 18.4 Å². The van der Waals surface area contributed by atoms with Crippen molar-refractivity contribution in [2.45, 2.75) is 39.7 Å². The van der Waals surface area contributed by atoms with Gasteiger partial charge in [-0.3, -0.25) is 0 Å². The normalized spacial score (nSPS) is 13.3. The maximum atomic E-state index is 13.7. The van der Waals surface area contributed by atoms with Crippen molar-refractivity contribution in [3.63, 3.8) is 0 Å². The van der Waals surface area contributed by atoms with Crippen molar-refractivity contribution in [1.82, 2.24) is 5.32 Å². The molecule has 0 aliphatic heterocycles. The fourth-order valence-corrected chi connectivity index (χ4v) is 2.22. The highest BCUT2D eigenvalue weighted by Gasteiger charge is 2.25. The van der Waals surface area contributed by atoms with Crippen molar-refractivity contribution >= 4 is 0 Å². The van der Waals surface area contributed by atoms with E-state index in [1.807, 2.05) is 13.0 Å². The van der Waals surface area contributed by atoms with Crippen LogP contribution in [0.3, 0.4) is 0 Å². The van der Waals surface area contributed by atoms with Gasteiger partial charge in [-0.05, 0) is 37.5 Å². The van der Waals surface area contributed by atoms with Gasteiger partial charge in [0.1, 0.15) is 0 Å². The van der Waals surface area contributed by atoms with Crippen LogP contribution in [0.15, 0.2) is 18.2 Å². The number of nitrogens with one attached hydrogen (secondary N) is 1. The van der Waals surface area contributed by atoms with E-state index < -0.39 is 0 Å². The quantitative estimate of drug-likeness (QED) is 0.769. The molecule has 1 atom stereocenters. The minimum atomic E-state index is -0.349. The highest BCUT2D eigenvalue weighted by atomic mass is 19.1. The Morgan fingerprint density at radius 2 is 2.00 bits per heavy atom. The average molecular weight is 283 g/mol. The molecule has 0 amide bonds. The van der Waals surface area contributed by atoms with Crippen LogP contribution in [0.5, 0.6) is 5.75 Å². The number of hydrogen-bond donors (Lipinski definition) is 2. The van der Waals surface area contributed by atoms with Crippen molar-refractivity contribution in [2.75, 3.05) is 20.3 Å². The zero-order chi connectivity index (χ0) is 15.2. The highest BCUT2D eigenvalue weighted by molar-refractivity contribution is 5.30. The number of halogens is 1. The SMILES string of the molecule is CCC(CC)(CO)CNC(C)c1ccc(OC)c(F)c1. The molecule has 0 heterocycles. The van der Waals surface area contributed by atoms with Gasteiger partial charge in [0.05, 0.1) is 7.11 Å². The zero-order valence-corrected chi connectivity index (χ0v) is 12.9. The molecule has 3 nitrogen and oxygen atoms in total. The van der Waals surface area contributed by atoms with Gasteiger partial charge in [0.15, 0.2) is 11.6 Å². The lowest BCUT2D eigenvalue weighted by atomic mass is 9.83. The Balaban J connectivity index is 2.71. The van der Waals surface area contributed by atoms with Crippen LogP contribution in [0.4, 0.5) is 4.39 Å². The van der Waals surface area contributed by atoms with Gasteiger partial charge in [0.25, 0.3) is 0 Å². The first-order valence-electron chi connectivity index (χ1n) is 7.19. The van der Waals surface area contributed by atoms with Crippen LogP contribution in [-0.2, 0) is 0 Å². The molecule has 0 radical (unpaired) electrons. The molecule has 1 unspecified atom stereocenters. The first-order chi connectivity index (χ1) is 9.51. The van der Waals surface area contributed by atoms with Gasteiger partial charge in [-0.25, -0.2) is 4.39 Å². The number of hydrogen-bond acceptors (Lipinski definition) is 3. The summed E-state index contributed by atoms with van der Waals surface area (Å²) in [6, 6.07) is 5.02. The van der Waals surface area contributed by atoms with Crippen LogP contribution in [0.1, 0.15) is 45.2 Å². The Morgan fingerprint density at radius 3 is 2.45 bits per heavy atom. The first-order valence-corrected chi connectivity index (χ1v) is 7.19. The lowest BCUT2D eigenvalue weighted by Gasteiger charge is -2.31. The molecule has 1 rings (SSSR count). The second-order valence-electron chi connectivity index (χ2n) is 5.36. The molecule has 0 spiro atoms. The Labute approximate surface area is 121 Å². The summed E-state index contributed by atoms with van der Waals surface area (Å²) < 4.78 is 18.6. The van der Waals surface area contributed by atoms with Crippen LogP contribution >= 0.6 is 0 Å². The maximum absolute atomic E-state index is 13.7. The Morgan fingerprint density at radius 1 is 1.35 bits per heavy atom. The number of methoxy groups -OCH3 is 1. The Bertz CT molecular complexity index is 411. The van der Waals surface area contributed by atoms with Crippen molar-refractivity contribution < 1.29 is 14.2 Å². The molecule has 0 aliphatic rings. The second-order valence-corrected chi connectivity index (χ2v) is 5.36. The van der Waals surface area contributed by atoms with E-state index in [2.05, 4.69) is 19.2 Å². The molecule has 0 saturated carbocycles. The van der Waals surface area contributed by atoms with Gasteiger partial charge in [0.2, 0.25) is 0 Å². The molecule has 0 aliphatic carbocycles. The van der Waals surface area contributed by atoms with Gasteiger partial charge in [-0.15, -0.1) is 0 Å². The molecule has 0 fully saturated rings. The van der Waals surface area contributed by atoms with E-state index in [4.69, 9.17) is 4.74 Å². The molecule has 1 aromatic rings. The third-order valence-corrected chi connectivity index (χ3v) is 4.29. The molecule has 114 valence electrons. The smallest absolute Gasteiger partial charge is 0.165 e. The van der Waals surface area contributed by atoms with E-state index >= 15 is 0 Å². The summed E-state index contributed by atoms with van der Waals surface area (Å²) in [5.41, 5.74) is 0.779. The number of benzene rings is 1. The zero-order valence-electron chi connectivity index (χ0n) is 12.9.